The Labute approximate surface area is 143 Å². The zero-order valence-electron chi connectivity index (χ0n) is 13.6. The lowest BCUT2D eigenvalue weighted by atomic mass is 9.97. The Balaban J connectivity index is 1.72. The van der Waals surface area contributed by atoms with E-state index in [1.54, 1.807) is 11.0 Å². The number of rotatable bonds is 4. The van der Waals surface area contributed by atoms with Crippen LogP contribution in [0.4, 0.5) is 0 Å². The van der Waals surface area contributed by atoms with Crippen molar-refractivity contribution in [2.24, 2.45) is 0 Å². The Bertz CT molecular complexity index is 752. The van der Waals surface area contributed by atoms with Crippen molar-refractivity contribution in [1.29, 1.82) is 0 Å². The number of aromatic nitrogens is 2. The number of carboxylic acid groups (broad SMARTS) is 1. The summed E-state index contributed by atoms with van der Waals surface area (Å²) < 4.78 is 5.26. The van der Waals surface area contributed by atoms with Crippen LogP contribution in [-0.2, 0) is 0 Å². The SMILES string of the molecule is CC(C)c1nc(C2CCCN(C(=O)c3ccc(C(=O)O)s3)C2)no1. The lowest BCUT2D eigenvalue weighted by molar-refractivity contribution is 0.0697. The van der Waals surface area contributed by atoms with Crippen molar-refractivity contribution in [1.82, 2.24) is 15.0 Å². The first-order valence-corrected chi connectivity index (χ1v) is 8.73. The minimum Gasteiger partial charge on any atom is -0.477 e. The van der Waals surface area contributed by atoms with E-state index in [9.17, 15) is 9.59 Å². The molecule has 7 nitrogen and oxygen atoms in total. The first-order chi connectivity index (χ1) is 11.5. The Hall–Kier alpha value is -2.22. The average molecular weight is 349 g/mol. The molecule has 0 radical (unpaired) electrons. The third kappa shape index (κ3) is 3.33. The number of carbonyl (C=O) groups is 2. The van der Waals surface area contributed by atoms with Gasteiger partial charge in [-0.25, -0.2) is 4.79 Å². The van der Waals surface area contributed by atoms with E-state index in [1.807, 2.05) is 13.8 Å². The molecule has 1 atom stereocenters. The van der Waals surface area contributed by atoms with Gasteiger partial charge in [-0.2, -0.15) is 4.98 Å². The molecule has 0 saturated carbocycles. The minimum atomic E-state index is -1.01. The molecule has 1 amide bonds. The molecule has 1 aliphatic heterocycles. The van der Waals surface area contributed by atoms with Crippen molar-refractivity contribution in [3.63, 3.8) is 0 Å². The van der Waals surface area contributed by atoms with Gasteiger partial charge in [0.25, 0.3) is 5.91 Å². The number of amides is 1. The van der Waals surface area contributed by atoms with E-state index in [0.29, 0.717) is 29.7 Å². The highest BCUT2D eigenvalue weighted by molar-refractivity contribution is 7.15. The molecule has 1 aliphatic rings. The molecule has 0 spiro atoms. The predicted molar refractivity (Wildman–Crippen MR) is 87.5 cm³/mol. The monoisotopic (exact) mass is 349 g/mol. The lowest BCUT2D eigenvalue weighted by Gasteiger charge is -2.30. The Morgan fingerprint density at radius 2 is 2.12 bits per heavy atom. The number of carbonyl (C=O) groups excluding carboxylic acids is 1. The second-order valence-electron chi connectivity index (χ2n) is 6.20. The normalized spacial score (nSPS) is 18.1. The van der Waals surface area contributed by atoms with E-state index in [-0.39, 0.29) is 22.6 Å². The molecule has 1 unspecified atom stereocenters. The predicted octanol–water partition coefficient (Wildman–Crippen LogP) is 2.97. The largest absolute Gasteiger partial charge is 0.477 e. The number of nitrogens with zero attached hydrogens (tertiary/aromatic N) is 3. The van der Waals surface area contributed by atoms with Crippen molar-refractivity contribution in [3.8, 4) is 0 Å². The van der Waals surface area contributed by atoms with Gasteiger partial charge in [0.2, 0.25) is 5.89 Å². The smallest absolute Gasteiger partial charge is 0.345 e. The Morgan fingerprint density at radius 3 is 2.75 bits per heavy atom. The van der Waals surface area contributed by atoms with Gasteiger partial charge in [-0.15, -0.1) is 11.3 Å². The zero-order chi connectivity index (χ0) is 17.3. The van der Waals surface area contributed by atoms with E-state index >= 15 is 0 Å². The number of hydrogen-bond acceptors (Lipinski definition) is 6. The number of piperidine rings is 1. The summed E-state index contributed by atoms with van der Waals surface area (Å²) in [6, 6.07) is 3.04. The second-order valence-corrected chi connectivity index (χ2v) is 7.29. The molecule has 1 saturated heterocycles. The van der Waals surface area contributed by atoms with Gasteiger partial charge in [-0.05, 0) is 25.0 Å². The number of likely N-dealkylation sites (tertiary alicyclic amines) is 1. The average Bonchev–Trinajstić information content (AvgIpc) is 3.24. The molecule has 0 aromatic carbocycles. The van der Waals surface area contributed by atoms with Crippen LogP contribution in [0.2, 0.25) is 0 Å². The van der Waals surface area contributed by atoms with Crippen LogP contribution < -0.4 is 0 Å². The number of aromatic carboxylic acids is 1. The van der Waals surface area contributed by atoms with Gasteiger partial charge in [0, 0.05) is 24.9 Å². The lowest BCUT2D eigenvalue weighted by Crippen LogP contribution is -2.39. The summed E-state index contributed by atoms with van der Waals surface area (Å²) in [5.74, 6) is 0.339. The maximum atomic E-state index is 12.6. The van der Waals surface area contributed by atoms with Crippen LogP contribution in [0.25, 0.3) is 0 Å². The molecule has 3 heterocycles. The molecule has 128 valence electrons. The fourth-order valence-corrected chi connectivity index (χ4v) is 3.56. The summed E-state index contributed by atoms with van der Waals surface area (Å²) in [4.78, 5) is 30.4. The van der Waals surface area contributed by atoms with Gasteiger partial charge in [0.1, 0.15) is 4.88 Å². The molecule has 0 bridgehead atoms. The Morgan fingerprint density at radius 1 is 1.38 bits per heavy atom. The fraction of sp³-hybridized carbons (Fsp3) is 0.500. The zero-order valence-corrected chi connectivity index (χ0v) is 14.4. The molecule has 0 aliphatic carbocycles. The molecule has 2 aromatic heterocycles. The molecular formula is C16H19N3O4S. The molecular weight excluding hydrogens is 330 g/mol. The Kier molecular flexibility index (Phi) is 4.66. The maximum absolute atomic E-state index is 12.6. The van der Waals surface area contributed by atoms with E-state index in [4.69, 9.17) is 9.63 Å². The number of hydrogen-bond donors (Lipinski definition) is 1. The van der Waals surface area contributed by atoms with Crippen LogP contribution in [0.1, 0.15) is 69.6 Å². The summed E-state index contributed by atoms with van der Waals surface area (Å²) in [6.45, 7) is 5.16. The summed E-state index contributed by atoms with van der Waals surface area (Å²) in [5.41, 5.74) is 0. The third-order valence-corrected chi connectivity index (χ3v) is 5.11. The van der Waals surface area contributed by atoms with E-state index in [0.717, 1.165) is 24.2 Å². The highest BCUT2D eigenvalue weighted by atomic mass is 32.1. The summed E-state index contributed by atoms with van der Waals surface area (Å²) in [6.07, 6.45) is 1.77. The van der Waals surface area contributed by atoms with E-state index < -0.39 is 5.97 Å². The van der Waals surface area contributed by atoms with Crippen LogP contribution in [0.15, 0.2) is 16.7 Å². The molecule has 8 heteroatoms. The summed E-state index contributed by atoms with van der Waals surface area (Å²) in [7, 11) is 0. The topological polar surface area (TPSA) is 96.5 Å². The van der Waals surface area contributed by atoms with E-state index in [2.05, 4.69) is 10.1 Å². The quantitative estimate of drug-likeness (QED) is 0.911. The van der Waals surface area contributed by atoms with Crippen LogP contribution in [0, 0.1) is 0 Å². The van der Waals surface area contributed by atoms with Gasteiger partial charge in [0.15, 0.2) is 5.82 Å². The molecule has 24 heavy (non-hydrogen) atoms. The standard InChI is InChI=1S/C16H19N3O4S/c1-9(2)14-17-13(18-23-14)10-4-3-7-19(8-10)15(20)11-5-6-12(24-11)16(21)22/h5-6,9-10H,3-4,7-8H2,1-2H3,(H,21,22). The number of thiophene rings is 1. The van der Waals surface area contributed by atoms with Crippen molar-refractivity contribution in [2.45, 2.75) is 38.5 Å². The first-order valence-electron chi connectivity index (χ1n) is 7.91. The van der Waals surface area contributed by atoms with Gasteiger partial charge < -0.3 is 14.5 Å². The van der Waals surface area contributed by atoms with Gasteiger partial charge in [-0.3, -0.25) is 4.79 Å². The van der Waals surface area contributed by atoms with Crippen LogP contribution in [-0.4, -0.2) is 45.1 Å². The highest BCUT2D eigenvalue weighted by Crippen LogP contribution is 2.28. The third-order valence-electron chi connectivity index (χ3n) is 4.05. The van der Waals surface area contributed by atoms with Crippen LogP contribution in [0.5, 0.6) is 0 Å². The van der Waals surface area contributed by atoms with Crippen molar-refractivity contribution >= 4 is 23.2 Å². The van der Waals surface area contributed by atoms with Gasteiger partial charge in [0.05, 0.1) is 4.88 Å². The van der Waals surface area contributed by atoms with Gasteiger partial charge in [-0.1, -0.05) is 19.0 Å². The molecule has 2 aromatic rings. The van der Waals surface area contributed by atoms with Crippen molar-refractivity contribution in [3.05, 3.63) is 33.6 Å². The molecule has 1 N–H and O–H groups in total. The van der Waals surface area contributed by atoms with Crippen LogP contribution >= 0.6 is 11.3 Å². The molecule has 1 fully saturated rings. The van der Waals surface area contributed by atoms with Crippen LogP contribution in [0.3, 0.4) is 0 Å². The van der Waals surface area contributed by atoms with E-state index in [1.165, 1.54) is 6.07 Å². The number of carboxylic acids is 1. The van der Waals surface area contributed by atoms with Gasteiger partial charge >= 0.3 is 5.97 Å². The second kappa shape index (κ2) is 6.72. The maximum Gasteiger partial charge on any atom is 0.345 e. The molecule has 3 rings (SSSR count). The summed E-state index contributed by atoms with van der Waals surface area (Å²) >= 11 is 1.01. The summed E-state index contributed by atoms with van der Waals surface area (Å²) in [5, 5.41) is 13.0. The minimum absolute atomic E-state index is 0.0536. The van der Waals surface area contributed by atoms with Crippen molar-refractivity contribution in [2.75, 3.05) is 13.1 Å². The van der Waals surface area contributed by atoms with Crippen molar-refractivity contribution < 1.29 is 19.2 Å². The fourth-order valence-electron chi connectivity index (χ4n) is 2.74. The highest BCUT2D eigenvalue weighted by Gasteiger charge is 2.29. The first kappa shape index (κ1) is 16.6.